The molecule has 2 atom stereocenters. The van der Waals surface area contributed by atoms with Crippen LogP contribution in [0.1, 0.15) is 20.8 Å². The number of ketones is 1. The van der Waals surface area contributed by atoms with Gasteiger partial charge in [-0.3, -0.25) is 4.79 Å². The molecule has 0 aromatic heterocycles. The Morgan fingerprint density at radius 3 is 2.00 bits per heavy atom. The van der Waals surface area contributed by atoms with Crippen molar-refractivity contribution in [3.8, 4) is 0 Å². The number of hydrogen-bond acceptors (Lipinski definition) is 1. The first kappa shape index (κ1) is 7.80. The van der Waals surface area contributed by atoms with E-state index >= 15 is 0 Å². The van der Waals surface area contributed by atoms with Crippen LogP contribution in [-0.4, -0.2) is 11.2 Å². The van der Waals surface area contributed by atoms with Gasteiger partial charge in [0, 0.05) is 5.92 Å². The van der Waals surface area contributed by atoms with Crippen molar-refractivity contribution in [2.75, 3.05) is 0 Å². The monoisotopic (exact) mass is 158 g/mol. The number of hydrogen-bond donors (Lipinski definition) is 0. The van der Waals surface area contributed by atoms with E-state index in [0.717, 1.165) is 11.1 Å². The molecule has 0 aromatic rings. The molecule has 0 aromatic carbocycles. The van der Waals surface area contributed by atoms with Crippen LogP contribution in [0.15, 0.2) is 11.1 Å². The second-order valence-corrected chi connectivity index (χ2v) is 3.33. The summed E-state index contributed by atoms with van der Waals surface area (Å²) in [5.74, 6) is 0.334. The number of carbonyl (C=O) groups is 1. The maximum absolute atomic E-state index is 11.1. The fourth-order valence-corrected chi connectivity index (χ4v) is 1.54. The van der Waals surface area contributed by atoms with Gasteiger partial charge in [0.25, 0.3) is 0 Å². The number of halogens is 1. The van der Waals surface area contributed by atoms with Gasteiger partial charge in [0.2, 0.25) is 0 Å². The summed E-state index contributed by atoms with van der Waals surface area (Å²) >= 11 is 5.81. The van der Waals surface area contributed by atoms with E-state index in [1.54, 1.807) is 0 Å². The van der Waals surface area contributed by atoms with Gasteiger partial charge < -0.3 is 0 Å². The molecule has 56 valence electrons. The van der Waals surface area contributed by atoms with Gasteiger partial charge in [0.1, 0.15) is 5.38 Å². The minimum absolute atomic E-state index is 0.103. The van der Waals surface area contributed by atoms with Crippen LogP contribution in [0.3, 0.4) is 0 Å². The summed E-state index contributed by atoms with van der Waals surface area (Å²) in [6.45, 7) is 5.80. The molecule has 2 unspecified atom stereocenters. The molecule has 1 aliphatic rings. The largest absolute Gasteiger partial charge is 0.293 e. The molecule has 0 saturated carbocycles. The van der Waals surface area contributed by atoms with Gasteiger partial charge in [-0.1, -0.05) is 12.5 Å². The van der Waals surface area contributed by atoms with Crippen LogP contribution in [0.25, 0.3) is 0 Å². The molecule has 1 aliphatic carbocycles. The second kappa shape index (κ2) is 2.39. The zero-order valence-corrected chi connectivity index (χ0v) is 7.20. The van der Waals surface area contributed by atoms with Crippen molar-refractivity contribution < 1.29 is 4.79 Å². The molecule has 0 radical (unpaired) electrons. The summed E-state index contributed by atoms with van der Waals surface area (Å²) in [5.41, 5.74) is 2.00. The molecule has 0 fully saturated rings. The molecular formula is C8H11ClO. The fourth-order valence-electron chi connectivity index (χ4n) is 1.19. The molecule has 0 amide bonds. The molecule has 0 aliphatic heterocycles. The summed E-state index contributed by atoms with van der Waals surface area (Å²) < 4.78 is 0. The Morgan fingerprint density at radius 1 is 1.40 bits per heavy atom. The third kappa shape index (κ3) is 0.891. The van der Waals surface area contributed by atoms with E-state index in [4.69, 9.17) is 11.6 Å². The van der Waals surface area contributed by atoms with Gasteiger partial charge in [0.05, 0.1) is 0 Å². The molecule has 0 N–H and O–H groups in total. The predicted molar refractivity (Wildman–Crippen MR) is 42.2 cm³/mol. The van der Waals surface area contributed by atoms with Crippen molar-refractivity contribution in [2.24, 2.45) is 5.92 Å². The Hall–Kier alpha value is -0.300. The summed E-state index contributed by atoms with van der Waals surface area (Å²) in [7, 11) is 0. The number of rotatable bonds is 0. The third-order valence-electron chi connectivity index (χ3n) is 2.33. The molecule has 0 heterocycles. The van der Waals surface area contributed by atoms with Crippen LogP contribution in [0.5, 0.6) is 0 Å². The van der Waals surface area contributed by atoms with Gasteiger partial charge in [-0.2, -0.15) is 0 Å². The first-order valence-corrected chi connectivity index (χ1v) is 3.85. The highest BCUT2D eigenvalue weighted by atomic mass is 35.5. The Labute approximate surface area is 66.1 Å². The van der Waals surface area contributed by atoms with E-state index in [-0.39, 0.29) is 17.1 Å². The van der Waals surface area contributed by atoms with Crippen molar-refractivity contribution in [3.63, 3.8) is 0 Å². The first-order valence-electron chi connectivity index (χ1n) is 3.41. The van der Waals surface area contributed by atoms with Crippen molar-refractivity contribution in [1.29, 1.82) is 0 Å². The Bertz CT molecular complexity index is 205. The molecule has 0 spiro atoms. The quantitative estimate of drug-likeness (QED) is 0.494. The van der Waals surface area contributed by atoms with Crippen LogP contribution < -0.4 is 0 Å². The molecule has 0 saturated heterocycles. The number of Topliss-reactive ketones (excluding diaryl/α,β-unsaturated/α-hetero) is 1. The minimum Gasteiger partial charge on any atom is -0.293 e. The summed E-state index contributed by atoms with van der Waals surface area (Å²) in [6.07, 6.45) is 0. The van der Waals surface area contributed by atoms with Crippen molar-refractivity contribution >= 4 is 17.4 Å². The highest BCUT2D eigenvalue weighted by Crippen LogP contribution is 2.31. The van der Waals surface area contributed by atoms with Gasteiger partial charge in [-0.05, 0) is 19.4 Å². The lowest BCUT2D eigenvalue weighted by Crippen LogP contribution is -2.14. The van der Waals surface area contributed by atoms with Crippen molar-refractivity contribution in [2.45, 2.75) is 26.1 Å². The average Bonchev–Trinajstić information content (AvgIpc) is 2.07. The van der Waals surface area contributed by atoms with Crippen molar-refractivity contribution in [1.82, 2.24) is 0 Å². The standard InChI is InChI=1S/C8H11ClO/c1-4-5(2)7(9)8(10)6(4)3/h5,7H,1-3H3. The number of alkyl halides is 1. The SMILES string of the molecule is CC1=C(C)C(C)C(Cl)C1=O. The van der Waals surface area contributed by atoms with E-state index in [9.17, 15) is 4.79 Å². The summed E-state index contributed by atoms with van der Waals surface area (Å²) in [4.78, 5) is 11.1. The van der Waals surface area contributed by atoms with Crippen LogP contribution in [0, 0.1) is 5.92 Å². The Kier molecular flexibility index (Phi) is 1.86. The highest BCUT2D eigenvalue weighted by Gasteiger charge is 2.32. The average molecular weight is 159 g/mol. The van der Waals surface area contributed by atoms with Crippen LogP contribution in [-0.2, 0) is 4.79 Å². The maximum Gasteiger partial charge on any atom is 0.176 e. The minimum atomic E-state index is -0.306. The Balaban J connectivity index is 2.99. The third-order valence-corrected chi connectivity index (χ3v) is 2.91. The van der Waals surface area contributed by atoms with E-state index in [1.165, 1.54) is 0 Å². The lowest BCUT2D eigenvalue weighted by molar-refractivity contribution is -0.114. The zero-order valence-electron chi connectivity index (χ0n) is 6.44. The lowest BCUT2D eigenvalue weighted by atomic mass is 10.1. The molecule has 2 heteroatoms. The molecule has 1 nitrogen and oxygen atoms in total. The first-order chi connectivity index (χ1) is 4.55. The molecule has 1 rings (SSSR count). The van der Waals surface area contributed by atoms with Crippen LogP contribution in [0.4, 0.5) is 0 Å². The van der Waals surface area contributed by atoms with Crippen molar-refractivity contribution in [3.05, 3.63) is 11.1 Å². The lowest BCUT2D eigenvalue weighted by Gasteiger charge is -2.05. The van der Waals surface area contributed by atoms with Gasteiger partial charge >= 0.3 is 0 Å². The highest BCUT2D eigenvalue weighted by molar-refractivity contribution is 6.35. The molecule has 0 bridgehead atoms. The Morgan fingerprint density at radius 2 is 1.90 bits per heavy atom. The summed E-state index contributed by atoms with van der Waals surface area (Å²) in [5, 5.41) is -0.306. The smallest absolute Gasteiger partial charge is 0.176 e. The van der Waals surface area contributed by atoms with E-state index < -0.39 is 0 Å². The van der Waals surface area contributed by atoms with Crippen LogP contribution in [0.2, 0.25) is 0 Å². The van der Waals surface area contributed by atoms with E-state index in [0.29, 0.717) is 0 Å². The molecular weight excluding hydrogens is 148 g/mol. The molecule has 10 heavy (non-hydrogen) atoms. The van der Waals surface area contributed by atoms with Gasteiger partial charge in [0.15, 0.2) is 5.78 Å². The predicted octanol–water partition coefficient (Wildman–Crippen LogP) is 2.15. The van der Waals surface area contributed by atoms with Gasteiger partial charge in [-0.15, -0.1) is 11.6 Å². The topological polar surface area (TPSA) is 17.1 Å². The maximum atomic E-state index is 11.1. The second-order valence-electron chi connectivity index (χ2n) is 2.86. The van der Waals surface area contributed by atoms with E-state index in [2.05, 4.69) is 0 Å². The number of carbonyl (C=O) groups excluding carboxylic acids is 1. The van der Waals surface area contributed by atoms with Gasteiger partial charge in [-0.25, -0.2) is 0 Å². The number of allylic oxidation sites excluding steroid dienone is 2. The fraction of sp³-hybridized carbons (Fsp3) is 0.625. The van der Waals surface area contributed by atoms with Crippen LogP contribution >= 0.6 is 11.6 Å². The zero-order chi connectivity index (χ0) is 7.89. The normalized spacial score (nSPS) is 33.8. The van der Waals surface area contributed by atoms with E-state index in [1.807, 2.05) is 20.8 Å². The summed E-state index contributed by atoms with van der Waals surface area (Å²) in [6, 6.07) is 0.